The number of methoxy groups -OCH3 is 3. The van der Waals surface area contributed by atoms with Crippen LogP contribution in [0.3, 0.4) is 0 Å². The summed E-state index contributed by atoms with van der Waals surface area (Å²) in [6, 6.07) is 12.8. The van der Waals surface area contributed by atoms with Gasteiger partial charge in [0.25, 0.3) is 0 Å². The van der Waals surface area contributed by atoms with Crippen molar-refractivity contribution in [1.29, 1.82) is 5.26 Å². The van der Waals surface area contributed by atoms with Crippen molar-refractivity contribution in [3.05, 3.63) is 52.5 Å². The maximum Gasteiger partial charge on any atom is 0.164 e. The molecule has 2 aromatic rings. The molecule has 0 aliphatic rings. The van der Waals surface area contributed by atoms with Crippen LogP contribution in [-0.2, 0) is 0 Å². The highest BCUT2D eigenvalue weighted by molar-refractivity contribution is 6.30. The summed E-state index contributed by atoms with van der Waals surface area (Å²) in [5.74, 6) is 1.70. The Kier molecular flexibility index (Phi) is 5.51. The monoisotopic (exact) mass is 329 g/mol. The Labute approximate surface area is 140 Å². The van der Waals surface area contributed by atoms with Gasteiger partial charge < -0.3 is 14.2 Å². The fourth-order valence-electron chi connectivity index (χ4n) is 2.16. The molecule has 0 spiro atoms. The predicted molar refractivity (Wildman–Crippen MR) is 91.0 cm³/mol. The third kappa shape index (κ3) is 3.77. The molecule has 0 atom stereocenters. The van der Waals surface area contributed by atoms with E-state index in [1.807, 2.05) is 6.07 Å². The lowest BCUT2D eigenvalue weighted by molar-refractivity contribution is 0.348. The number of hydrogen-bond acceptors (Lipinski definition) is 4. The summed E-state index contributed by atoms with van der Waals surface area (Å²) < 4.78 is 15.9. The third-order valence-electron chi connectivity index (χ3n) is 3.29. The lowest BCUT2D eigenvalue weighted by Crippen LogP contribution is -1.95. The van der Waals surface area contributed by atoms with Crippen LogP contribution in [0.15, 0.2) is 36.4 Å². The Morgan fingerprint density at radius 3 is 2.22 bits per heavy atom. The number of hydrogen-bond donors (Lipinski definition) is 0. The average molecular weight is 330 g/mol. The van der Waals surface area contributed by atoms with Gasteiger partial charge in [0.15, 0.2) is 11.5 Å². The molecule has 0 amide bonds. The van der Waals surface area contributed by atoms with Crippen LogP contribution in [-0.4, -0.2) is 21.3 Å². The van der Waals surface area contributed by atoms with E-state index in [9.17, 15) is 5.26 Å². The quantitative estimate of drug-likeness (QED) is 0.601. The molecule has 2 rings (SSSR count). The van der Waals surface area contributed by atoms with Gasteiger partial charge in [-0.15, -0.1) is 0 Å². The zero-order chi connectivity index (χ0) is 16.8. The van der Waals surface area contributed by atoms with E-state index in [4.69, 9.17) is 25.8 Å². The first-order chi connectivity index (χ1) is 11.1. The molecule has 2 aromatic carbocycles. The number of benzene rings is 2. The molecule has 0 bridgehead atoms. The molecule has 4 nitrogen and oxygen atoms in total. The molecule has 0 N–H and O–H groups in total. The molecule has 118 valence electrons. The molecule has 0 aromatic heterocycles. The van der Waals surface area contributed by atoms with E-state index in [1.165, 1.54) is 0 Å². The van der Waals surface area contributed by atoms with E-state index >= 15 is 0 Å². The molecular weight excluding hydrogens is 314 g/mol. The van der Waals surface area contributed by atoms with Gasteiger partial charge in [0.2, 0.25) is 0 Å². The van der Waals surface area contributed by atoms with Gasteiger partial charge in [0.1, 0.15) is 5.75 Å². The van der Waals surface area contributed by atoms with E-state index in [0.717, 1.165) is 5.56 Å². The van der Waals surface area contributed by atoms with Gasteiger partial charge in [-0.3, -0.25) is 0 Å². The molecular formula is C18H16ClNO3. The molecule has 0 saturated heterocycles. The second kappa shape index (κ2) is 7.57. The van der Waals surface area contributed by atoms with Gasteiger partial charge in [-0.1, -0.05) is 23.7 Å². The average Bonchev–Trinajstić information content (AvgIpc) is 2.58. The summed E-state index contributed by atoms with van der Waals surface area (Å²) in [6.07, 6.45) is 1.73. The van der Waals surface area contributed by atoms with E-state index in [1.54, 1.807) is 57.7 Å². The van der Waals surface area contributed by atoms with E-state index in [2.05, 4.69) is 6.07 Å². The zero-order valence-corrected chi connectivity index (χ0v) is 13.8. The van der Waals surface area contributed by atoms with Crippen molar-refractivity contribution in [2.45, 2.75) is 0 Å². The van der Waals surface area contributed by atoms with Crippen LogP contribution < -0.4 is 14.2 Å². The van der Waals surface area contributed by atoms with Crippen LogP contribution in [0.25, 0.3) is 11.6 Å². The van der Waals surface area contributed by atoms with Gasteiger partial charge in [0.05, 0.1) is 33.0 Å². The number of rotatable bonds is 5. The maximum atomic E-state index is 9.46. The number of nitriles is 1. The minimum atomic E-state index is 0.470. The normalized spacial score (nSPS) is 10.8. The molecule has 0 heterocycles. The predicted octanol–water partition coefficient (Wildman–Crippen LogP) is 4.43. The molecule has 0 unspecified atom stereocenters. The summed E-state index contributed by atoms with van der Waals surface area (Å²) in [4.78, 5) is 0. The minimum absolute atomic E-state index is 0.470. The highest BCUT2D eigenvalue weighted by Gasteiger charge is 2.12. The smallest absolute Gasteiger partial charge is 0.164 e. The lowest BCUT2D eigenvalue weighted by Gasteiger charge is -2.12. The SMILES string of the molecule is COc1cc(OC)c(OC)cc1C=C(C#N)c1cccc(Cl)c1. The van der Waals surface area contributed by atoms with Crippen LogP contribution in [0.1, 0.15) is 11.1 Å². The molecule has 0 aliphatic carbocycles. The Bertz CT molecular complexity index is 778. The second-order valence-electron chi connectivity index (χ2n) is 4.63. The number of halogens is 1. The van der Waals surface area contributed by atoms with Crippen LogP contribution in [0.2, 0.25) is 5.02 Å². The molecule has 0 fully saturated rings. The van der Waals surface area contributed by atoms with Crippen molar-refractivity contribution in [2.24, 2.45) is 0 Å². The van der Waals surface area contributed by atoms with Gasteiger partial charge in [0, 0.05) is 16.7 Å². The Morgan fingerprint density at radius 1 is 1.00 bits per heavy atom. The summed E-state index contributed by atoms with van der Waals surface area (Å²) in [5.41, 5.74) is 1.91. The first kappa shape index (κ1) is 16.7. The summed E-state index contributed by atoms with van der Waals surface area (Å²) in [5, 5.41) is 10.0. The molecule has 0 saturated carbocycles. The third-order valence-corrected chi connectivity index (χ3v) is 3.53. The first-order valence-corrected chi connectivity index (χ1v) is 7.18. The molecule has 5 heteroatoms. The molecule has 23 heavy (non-hydrogen) atoms. The Balaban J connectivity index is 2.57. The minimum Gasteiger partial charge on any atom is -0.496 e. The number of ether oxygens (including phenoxy) is 3. The Hall–Kier alpha value is -2.64. The van der Waals surface area contributed by atoms with Crippen molar-refractivity contribution in [3.63, 3.8) is 0 Å². The van der Waals surface area contributed by atoms with Gasteiger partial charge in [-0.2, -0.15) is 5.26 Å². The largest absolute Gasteiger partial charge is 0.496 e. The van der Waals surface area contributed by atoms with Crippen LogP contribution in [0.5, 0.6) is 17.2 Å². The van der Waals surface area contributed by atoms with Crippen LogP contribution >= 0.6 is 11.6 Å². The van der Waals surface area contributed by atoms with Gasteiger partial charge >= 0.3 is 0 Å². The molecule has 0 radical (unpaired) electrons. The topological polar surface area (TPSA) is 51.5 Å². The highest BCUT2D eigenvalue weighted by Crippen LogP contribution is 2.36. The van der Waals surface area contributed by atoms with Gasteiger partial charge in [-0.25, -0.2) is 0 Å². The standard InChI is InChI=1S/C18H16ClNO3/c1-21-16-10-18(23-3)17(22-2)9-13(16)7-14(11-20)12-5-4-6-15(19)8-12/h4-10H,1-3H3. The van der Waals surface area contributed by atoms with Crippen molar-refractivity contribution < 1.29 is 14.2 Å². The van der Waals surface area contributed by atoms with Crippen molar-refractivity contribution in [1.82, 2.24) is 0 Å². The zero-order valence-electron chi connectivity index (χ0n) is 13.1. The highest BCUT2D eigenvalue weighted by atomic mass is 35.5. The summed E-state index contributed by atoms with van der Waals surface area (Å²) in [7, 11) is 4.67. The van der Waals surface area contributed by atoms with Crippen molar-refractivity contribution >= 4 is 23.3 Å². The fourth-order valence-corrected chi connectivity index (χ4v) is 2.35. The van der Waals surface area contributed by atoms with Crippen LogP contribution in [0, 0.1) is 11.3 Å². The van der Waals surface area contributed by atoms with Crippen molar-refractivity contribution in [2.75, 3.05) is 21.3 Å². The van der Waals surface area contributed by atoms with Crippen molar-refractivity contribution in [3.8, 4) is 23.3 Å². The summed E-state index contributed by atoms with van der Waals surface area (Å²) in [6.45, 7) is 0. The van der Waals surface area contributed by atoms with E-state index in [0.29, 0.717) is 33.4 Å². The molecule has 0 aliphatic heterocycles. The lowest BCUT2D eigenvalue weighted by atomic mass is 10.0. The summed E-state index contributed by atoms with van der Waals surface area (Å²) >= 11 is 6.00. The fraction of sp³-hybridized carbons (Fsp3) is 0.167. The van der Waals surface area contributed by atoms with E-state index < -0.39 is 0 Å². The van der Waals surface area contributed by atoms with E-state index in [-0.39, 0.29) is 0 Å². The van der Waals surface area contributed by atoms with Gasteiger partial charge in [-0.05, 0) is 29.8 Å². The van der Waals surface area contributed by atoms with Crippen LogP contribution in [0.4, 0.5) is 0 Å². The number of allylic oxidation sites excluding steroid dienone is 1. The first-order valence-electron chi connectivity index (χ1n) is 6.80. The number of nitrogens with zero attached hydrogens (tertiary/aromatic N) is 1. The second-order valence-corrected chi connectivity index (χ2v) is 5.07. The maximum absolute atomic E-state index is 9.46. The Morgan fingerprint density at radius 2 is 1.65 bits per heavy atom.